The number of hydrogen-bond acceptors (Lipinski definition) is 6. The molecule has 1 aliphatic rings. The van der Waals surface area contributed by atoms with E-state index in [1.165, 1.54) is 18.3 Å². The van der Waals surface area contributed by atoms with Crippen molar-refractivity contribution in [3.05, 3.63) is 66.1 Å². The summed E-state index contributed by atoms with van der Waals surface area (Å²) < 4.78 is 18.1. The topological polar surface area (TPSA) is 103 Å². The zero-order valence-corrected chi connectivity index (χ0v) is 17.5. The number of amides is 1. The highest BCUT2D eigenvalue weighted by atomic mass is 19.1. The molecule has 9 heteroatoms. The summed E-state index contributed by atoms with van der Waals surface area (Å²) in [5.41, 5.74) is 3.41. The number of hydrogen-bond donors (Lipinski definition) is 3. The van der Waals surface area contributed by atoms with Crippen LogP contribution in [-0.2, 0) is 4.79 Å². The Balaban J connectivity index is 1.64. The van der Waals surface area contributed by atoms with Gasteiger partial charge in [-0.05, 0) is 37.5 Å². The smallest absolute Gasteiger partial charge is 0.243 e. The van der Waals surface area contributed by atoms with Gasteiger partial charge in [-0.1, -0.05) is 6.58 Å². The minimum absolute atomic E-state index is 0.0224. The van der Waals surface area contributed by atoms with E-state index in [0.717, 1.165) is 30.5 Å². The van der Waals surface area contributed by atoms with Crippen molar-refractivity contribution < 1.29 is 13.9 Å². The highest BCUT2D eigenvalue weighted by Gasteiger charge is 2.22. The van der Waals surface area contributed by atoms with Crippen LogP contribution in [0.1, 0.15) is 25.0 Å². The first-order valence-corrected chi connectivity index (χ1v) is 9.77. The van der Waals surface area contributed by atoms with Crippen LogP contribution in [0.3, 0.4) is 0 Å². The number of ether oxygens (including phenoxy) is 1. The number of carbonyl (C=O) groups excluding carboxylic acids is 1. The molecular formula is C22H25FN6O2. The summed E-state index contributed by atoms with van der Waals surface area (Å²) in [6, 6.07) is 6.16. The molecule has 2 aromatic heterocycles. The van der Waals surface area contributed by atoms with E-state index in [0.29, 0.717) is 22.8 Å². The second kappa shape index (κ2) is 9.84. The predicted octanol–water partition coefficient (Wildman–Crippen LogP) is 3.17. The van der Waals surface area contributed by atoms with Crippen LogP contribution in [0.4, 0.5) is 10.1 Å². The molecule has 3 N–H and O–H groups in total. The first-order chi connectivity index (χ1) is 14.9. The Labute approximate surface area is 180 Å². The lowest BCUT2D eigenvalue weighted by Gasteiger charge is -2.22. The number of amidine groups is 1. The molecule has 0 radical (unpaired) electrons. The van der Waals surface area contributed by atoms with Crippen LogP contribution in [-0.4, -0.2) is 47.3 Å². The van der Waals surface area contributed by atoms with Crippen LogP contribution >= 0.6 is 0 Å². The van der Waals surface area contributed by atoms with Crippen molar-refractivity contribution in [1.82, 2.24) is 20.2 Å². The summed E-state index contributed by atoms with van der Waals surface area (Å²) in [6.07, 6.45) is 5.31. The van der Waals surface area contributed by atoms with Crippen LogP contribution in [0.5, 0.6) is 5.75 Å². The molecule has 1 amide bonds. The number of anilines is 1. The fraction of sp³-hybridized carbons (Fsp3) is 0.273. The second-order valence-electron chi connectivity index (χ2n) is 7.12. The van der Waals surface area contributed by atoms with Crippen LogP contribution in [0.15, 0.2) is 54.5 Å². The quantitative estimate of drug-likeness (QED) is 0.342. The number of allylic oxidation sites excluding steroid dienone is 1. The number of likely N-dealkylation sites (N-methyl/N-ethyl adjacent to an activating group) is 1. The number of carbonyl (C=O) groups is 1. The number of pyridine rings is 2. The number of halogens is 1. The van der Waals surface area contributed by atoms with Gasteiger partial charge in [-0.3, -0.25) is 15.2 Å². The van der Waals surface area contributed by atoms with Gasteiger partial charge in [-0.25, -0.2) is 4.98 Å². The largest absolute Gasteiger partial charge is 0.497 e. The third kappa shape index (κ3) is 5.65. The van der Waals surface area contributed by atoms with Gasteiger partial charge in [0.25, 0.3) is 0 Å². The highest BCUT2D eigenvalue weighted by molar-refractivity contribution is 6.01. The molecule has 0 saturated heterocycles. The summed E-state index contributed by atoms with van der Waals surface area (Å²) in [4.78, 5) is 21.7. The van der Waals surface area contributed by atoms with E-state index >= 15 is 0 Å². The fourth-order valence-electron chi connectivity index (χ4n) is 3.27. The lowest BCUT2D eigenvalue weighted by molar-refractivity contribution is -0.116. The molecule has 0 bridgehead atoms. The summed E-state index contributed by atoms with van der Waals surface area (Å²) >= 11 is 0. The summed E-state index contributed by atoms with van der Waals surface area (Å²) in [5.74, 6) is 0.0109. The Morgan fingerprint density at radius 1 is 1.29 bits per heavy atom. The summed E-state index contributed by atoms with van der Waals surface area (Å²) in [5, 5.41) is 14.5. The Morgan fingerprint density at radius 2 is 2.10 bits per heavy atom. The van der Waals surface area contributed by atoms with Crippen LogP contribution in [0, 0.1) is 11.4 Å². The molecule has 0 unspecified atom stereocenters. The molecule has 0 atom stereocenters. The Hall–Kier alpha value is -3.75. The fourth-order valence-corrected chi connectivity index (χ4v) is 3.27. The first-order valence-electron chi connectivity index (χ1n) is 9.77. The van der Waals surface area contributed by atoms with E-state index in [-0.39, 0.29) is 18.3 Å². The summed E-state index contributed by atoms with van der Waals surface area (Å²) in [7, 11) is 3.28. The highest BCUT2D eigenvalue weighted by Crippen LogP contribution is 2.28. The van der Waals surface area contributed by atoms with Gasteiger partial charge in [0.05, 0.1) is 36.9 Å². The van der Waals surface area contributed by atoms with E-state index in [1.807, 2.05) is 0 Å². The monoisotopic (exact) mass is 424 g/mol. The lowest BCUT2D eigenvalue weighted by atomic mass is 10.1. The number of aromatic nitrogens is 2. The molecule has 0 fully saturated rings. The number of nitrogens with one attached hydrogen (secondary N) is 3. The van der Waals surface area contributed by atoms with E-state index in [4.69, 9.17) is 10.1 Å². The van der Waals surface area contributed by atoms with Crippen LogP contribution in [0.2, 0.25) is 0 Å². The zero-order valence-electron chi connectivity index (χ0n) is 17.5. The van der Waals surface area contributed by atoms with Crippen molar-refractivity contribution in [2.24, 2.45) is 0 Å². The van der Waals surface area contributed by atoms with Crippen molar-refractivity contribution in [3.8, 4) is 5.75 Å². The Kier molecular flexibility index (Phi) is 6.96. The average Bonchev–Trinajstić information content (AvgIpc) is 3.22. The molecular weight excluding hydrogens is 399 g/mol. The zero-order chi connectivity index (χ0) is 22.4. The number of rotatable bonds is 8. The normalized spacial score (nSPS) is 13.0. The third-order valence-corrected chi connectivity index (χ3v) is 4.86. The number of methoxy groups -OCH3 is 1. The van der Waals surface area contributed by atoms with Crippen LogP contribution < -0.4 is 15.4 Å². The van der Waals surface area contributed by atoms with E-state index in [2.05, 4.69) is 27.2 Å². The van der Waals surface area contributed by atoms with Gasteiger partial charge in [0.15, 0.2) is 0 Å². The third-order valence-electron chi connectivity index (χ3n) is 4.86. The average molecular weight is 424 g/mol. The van der Waals surface area contributed by atoms with Crippen molar-refractivity contribution in [1.29, 1.82) is 5.41 Å². The molecule has 162 valence electrons. The van der Waals surface area contributed by atoms with E-state index in [1.54, 1.807) is 37.4 Å². The van der Waals surface area contributed by atoms with Gasteiger partial charge < -0.3 is 20.3 Å². The van der Waals surface area contributed by atoms with E-state index < -0.39 is 5.95 Å². The summed E-state index contributed by atoms with van der Waals surface area (Å²) in [6.45, 7) is 4.04. The molecule has 2 aromatic rings. The van der Waals surface area contributed by atoms with Crippen molar-refractivity contribution in [3.63, 3.8) is 0 Å². The molecule has 3 rings (SSSR count). The molecule has 0 saturated carbocycles. The maximum Gasteiger partial charge on any atom is 0.243 e. The first kappa shape index (κ1) is 21.9. The van der Waals surface area contributed by atoms with Gasteiger partial charge in [0.2, 0.25) is 11.9 Å². The Morgan fingerprint density at radius 3 is 2.81 bits per heavy atom. The minimum Gasteiger partial charge on any atom is -0.497 e. The molecule has 0 aromatic carbocycles. The van der Waals surface area contributed by atoms with Crippen LogP contribution in [0.25, 0.3) is 5.70 Å². The number of nitrogens with zero attached hydrogens (tertiary/aromatic N) is 3. The Bertz CT molecular complexity index is 1020. The van der Waals surface area contributed by atoms with Gasteiger partial charge in [0, 0.05) is 30.6 Å². The second-order valence-corrected chi connectivity index (χ2v) is 7.12. The van der Waals surface area contributed by atoms with Gasteiger partial charge in [-0.15, -0.1) is 0 Å². The SMILES string of the molecule is C=C(NC1=C(C(=N)N(C)CC(=O)Nc2ccc(F)nc2)CCC1)c1cc(OC)ccn1. The maximum absolute atomic E-state index is 12.9. The predicted molar refractivity (Wildman–Crippen MR) is 117 cm³/mol. The van der Waals surface area contributed by atoms with Crippen molar-refractivity contribution in [2.45, 2.75) is 19.3 Å². The minimum atomic E-state index is -0.615. The molecule has 0 spiro atoms. The van der Waals surface area contributed by atoms with Crippen molar-refractivity contribution in [2.75, 3.05) is 26.0 Å². The standard InChI is InChI=1S/C22H25FN6O2/c1-14(19-11-16(31-3)9-10-25-19)27-18-6-4-5-17(18)22(24)29(2)13-21(30)28-15-7-8-20(23)26-12-15/h7-12,24,27H,1,4-6,13H2,2-3H3,(H,28,30). The lowest BCUT2D eigenvalue weighted by Crippen LogP contribution is -2.36. The molecule has 1 aliphatic carbocycles. The van der Waals surface area contributed by atoms with Gasteiger partial charge >= 0.3 is 0 Å². The van der Waals surface area contributed by atoms with E-state index in [9.17, 15) is 9.18 Å². The van der Waals surface area contributed by atoms with Gasteiger partial charge in [-0.2, -0.15) is 4.39 Å². The maximum atomic E-state index is 12.9. The molecule has 31 heavy (non-hydrogen) atoms. The molecule has 2 heterocycles. The molecule has 0 aliphatic heterocycles. The van der Waals surface area contributed by atoms with Crippen molar-refractivity contribution >= 4 is 23.1 Å². The molecule has 8 nitrogen and oxygen atoms in total. The van der Waals surface area contributed by atoms with Gasteiger partial charge in [0.1, 0.15) is 11.6 Å².